The highest BCUT2D eigenvalue weighted by Gasteiger charge is 2.57. The van der Waals surface area contributed by atoms with Crippen LogP contribution in [0.1, 0.15) is 62.3 Å². The van der Waals surface area contributed by atoms with E-state index in [1.165, 1.54) is 0 Å². The van der Waals surface area contributed by atoms with E-state index in [1.807, 2.05) is 0 Å². The molecule has 3 aliphatic rings. The molecule has 0 aliphatic carbocycles. The minimum Gasteiger partial charge on any atom is -0.463 e. The van der Waals surface area contributed by atoms with Gasteiger partial charge in [0.1, 0.15) is 43.7 Å². The molecule has 25 nitrogen and oxygen atoms in total. The van der Waals surface area contributed by atoms with Crippen LogP contribution in [0.5, 0.6) is 0 Å². The molecule has 0 aromatic rings. The highest BCUT2D eigenvalue weighted by Crippen LogP contribution is 2.35. The lowest BCUT2D eigenvalue weighted by molar-refractivity contribution is -0.363. The molecule has 2 N–H and O–H groups in total. The van der Waals surface area contributed by atoms with Gasteiger partial charge in [0.25, 0.3) is 0 Å². The SMILES string of the molecule is CC(=O)OC[C@@H]1O[C@@H](O[C@H]2[C@H](OC(C)=O)[C@@H](CO[C@H]3O[C@H](COC(C)=O)[C@@H](OC(C)=O)[C@H](OC(C)=O)[C@@H]3OC(C)=O)OC(O)[C@H]2O)[C@H](OC(C)=O)[C@H](OC(C)=O)[C@H]1OC(C)=O. The molecule has 25 heteroatoms. The van der Waals surface area contributed by atoms with Gasteiger partial charge in [-0.2, -0.15) is 0 Å². The van der Waals surface area contributed by atoms with Crippen molar-refractivity contribution in [3.05, 3.63) is 0 Å². The molecule has 0 aromatic carbocycles. The number of carbonyl (C=O) groups is 9. The fourth-order valence-corrected chi connectivity index (χ4v) is 6.50. The topological polar surface area (TPSA) is 323 Å². The molecule has 0 amide bonds. The maximum Gasteiger partial charge on any atom is 0.303 e. The molecular formula is C36H50O25. The first-order chi connectivity index (χ1) is 28.5. The third kappa shape index (κ3) is 14.8. The van der Waals surface area contributed by atoms with Gasteiger partial charge in [-0.3, -0.25) is 43.2 Å². The molecule has 344 valence electrons. The Morgan fingerprint density at radius 2 is 0.689 bits per heavy atom. The standard InChI is InChI=1S/C36H50O25/c1-13(37)48-10-23-27(52-16(4)40)30(54-18(6)42)32(56-20(8)44)35(59-23)50-12-22-26(51-15(3)39)29(25(46)34(47)58-22)61-36-33(57-21(9)45)31(55-19(7)43)28(53-17(5)41)24(60-36)11-49-14(2)38/h22-36,46-47H,10-12H2,1-9H3/t22-,23-,24+,25+,26-,27-,28+,29-,30+,31-,32+,33-,34?,35+,36+/m1/s1. The number of hydrogen-bond donors (Lipinski definition) is 2. The summed E-state index contributed by atoms with van der Waals surface area (Å²) in [6.07, 6.45) is -26.4. The van der Waals surface area contributed by atoms with Crippen molar-refractivity contribution in [3.8, 4) is 0 Å². The summed E-state index contributed by atoms with van der Waals surface area (Å²) in [6.45, 7) is 6.96. The first-order valence-electron chi connectivity index (χ1n) is 18.6. The van der Waals surface area contributed by atoms with Gasteiger partial charge in [-0.15, -0.1) is 0 Å². The first-order valence-corrected chi connectivity index (χ1v) is 18.6. The van der Waals surface area contributed by atoms with Crippen molar-refractivity contribution in [2.75, 3.05) is 19.8 Å². The molecule has 3 fully saturated rings. The van der Waals surface area contributed by atoms with Crippen molar-refractivity contribution in [1.29, 1.82) is 0 Å². The van der Waals surface area contributed by atoms with Crippen molar-refractivity contribution in [2.24, 2.45) is 0 Å². The monoisotopic (exact) mass is 882 g/mol. The lowest BCUT2D eigenvalue weighted by Crippen LogP contribution is -2.67. The second-order valence-corrected chi connectivity index (χ2v) is 13.7. The zero-order valence-corrected chi connectivity index (χ0v) is 34.6. The fourth-order valence-electron chi connectivity index (χ4n) is 6.50. The van der Waals surface area contributed by atoms with Crippen molar-refractivity contribution >= 4 is 53.7 Å². The van der Waals surface area contributed by atoms with Gasteiger partial charge >= 0.3 is 53.7 Å². The van der Waals surface area contributed by atoms with Crippen molar-refractivity contribution in [3.63, 3.8) is 0 Å². The minimum absolute atomic E-state index is 0.607. The number of carbonyl (C=O) groups excluding carboxylic acids is 9. The van der Waals surface area contributed by atoms with Gasteiger partial charge in [0.2, 0.25) is 0 Å². The molecule has 3 saturated heterocycles. The molecule has 0 bridgehead atoms. The van der Waals surface area contributed by atoms with Gasteiger partial charge in [-0.1, -0.05) is 0 Å². The van der Waals surface area contributed by atoms with E-state index < -0.39 is 166 Å². The predicted molar refractivity (Wildman–Crippen MR) is 187 cm³/mol. The van der Waals surface area contributed by atoms with Crippen molar-refractivity contribution in [1.82, 2.24) is 0 Å². The van der Waals surface area contributed by atoms with Gasteiger partial charge in [0.05, 0.1) is 6.61 Å². The molecule has 0 radical (unpaired) electrons. The molecule has 1 unspecified atom stereocenters. The third-order valence-electron chi connectivity index (χ3n) is 8.55. The quantitative estimate of drug-likeness (QED) is 0.120. The summed E-state index contributed by atoms with van der Waals surface area (Å²) in [4.78, 5) is 110. The van der Waals surface area contributed by atoms with Crippen LogP contribution in [0.3, 0.4) is 0 Å². The van der Waals surface area contributed by atoms with Crippen molar-refractivity contribution < 1.29 is 120 Å². The summed E-state index contributed by atoms with van der Waals surface area (Å²) in [6, 6.07) is 0. The van der Waals surface area contributed by atoms with Crippen LogP contribution in [-0.4, -0.2) is 176 Å². The molecule has 3 rings (SSSR count). The Kier molecular flexibility index (Phi) is 18.7. The van der Waals surface area contributed by atoms with E-state index in [4.69, 9.17) is 66.3 Å². The molecule has 0 saturated carbocycles. The summed E-state index contributed by atoms with van der Waals surface area (Å²) in [5, 5.41) is 22.2. The summed E-state index contributed by atoms with van der Waals surface area (Å²) in [5.74, 6) is -8.28. The van der Waals surface area contributed by atoms with Crippen LogP contribution in [0.15, 0.2) is 0 Å². The highest BCUT2D eigenvalue weighted by atomic mass is 16.8. The zero-order valence-electron chi connectivity index (χ0n) is 34.6. The van der Waals surface area contributed by atoms with E-state index in [9.17, 15) is 53.4 Å². The van der Waals surface area contributed by atoms with E-state index in [2.05, 4.69) is 0 Å². The van der Waals surface area contributed by atoms with Gasteiger partial charge in [0, 0.05) is 62.3 Å². The van der Waals surface area contributed by atoms with Crippen LogP contribution >= 0.6 is 0 Å². The number of aliphatic hydroxyl groups is 2. The van der Waals surface area contributed by atoms with Crippen LogP contribution in [0.25, 0.3) is 0 Å². The average molecular weight is 883 g/mol. The lowest BCUT2D eigenvalue weighted by Gasteiger charge is -2.48. The van der Waals surface area contributed by atoms with E-state index in [-0.39, 0.29) is 0 Å². The summed E-state index contributed by atoms with van der Waals surface area (Å²) in [7, 11) is 0. The fraction of sp³-hybridized carbons (Fsp3) is 0.750. The Morgan fingerprint density at radius 1 is 0.377 bits per heavy atom. The Labute approximate surface area is 347 Å². The molecule has 3 aliphatic heterocycles. The van der Waals surface area contributed by atoms with E-state index >= 15 is 0 Å². The van der Waals surface area contributed by atoms with Gasteiger partial charge in [-0.25, -0.2) is 0 Å². The van der Waals surface area contributed by atoms with E-state index in [0.717, 1.165) is 62.3 Å². The number of aliphatic hydroxyl groups excluding tert-OH is 2. The van der Waals surface area contributed by atoms with E-state index in [1.54, 1.807) is 0 Å². The molecule has 0 aromatic heterocycles. The first kappa shape index (κ1) is 50.3. The predicted octanol–water partition coefficient (Wildman–Crippen LogP) is -2.44. The van der Waals surface area contributed by atoms with Crippen LogP contribution < -0.4 is 0 Å². The van der Waals surface area contributed by atoms with Gasteiger partial charge in [-0.05, 0) is 0 Å². The number of rotatable bonds is 16. The van der Waals surface area contributed by atoms with Crippen LogP contribution in [0, 0.1) is 0 Å². The number of esters is 9. The molecular weight excluding hydrogens is 832 g/mol. The Hall–Kier alpha value is -5.05. The summed E-state index contributed by atoms with van der Waals surface area (Å²) < 4.78 is 77.3. The summed E-state index contributed by atoms with van der Waals surface area (Å²) >= 11 is 0. The molecule has 0 spiro atoms. The normalized spacial score (nSPS) is 33.4. The molecule has 3 heterocycles. The molecule has 15 atom stereocenters. The third-order valence-corrected chi connectivity index (χ3v) is 8.55. The van der Waals surface area contributed by atoms with Gasteiger partial charge in [0.15, 0.2) is 61.6 Å². The maximum absolute atomic E-state index is 12.5. The summed E-state index contributed by atoms with van der Waals surface area (Å²) in [5.41, 5.74) is 0. The minimum atomic E-state index is -2.17. The highest BCUT2D eigenvalue weighted by molar-refractivity contribution is 5.70. The van der Waals surface area contributed by atoms with Crippen LogP contribution in [0.2, 0.25) is 0 Å². The Bertz CT molecular complexity index is 1610. The second-order valence-electron chi connectivity index (χ2n) is 13.7. The smallest absolute Gasteiger partial charge is 0.303 e. The lowest BCUT2D eigenvalue weighted by atomic mass is 9.96. The Balaban J connectivity index is 2.07. The van der Waals surface area contributed by atoms with Crippen LogP contribution in [-0.2, 0) is 109 Å². The van der Waals surface area contributed by atoms with Crippen LogP contribution in [0.4, 0.5) is 0 Å². The van der Waals surface area contributed by atoms with Crippen molar-refractivity contribution in [2.45, 2.75) is 154 Å². The second kappa shape index (κ2) is 22.7. The largest absolute Gasteiger partial charge is 0.463 e. The Morgan fingerprint density at radius 3 is 1.07 bits per heavy atom. The zero-order chi connectivity index (χ0) is 45.9. The average Bonchev–Trinajstić information content (AvgIpc) is 3.12. The maximum atomic E-state index is 12.5. The van der Waals surface area contributed by atoms with Gasteiger partial charge < -0.3 is 76.5 Å². The number of hydrogen-bond acceptors (Lipinski definition) is 25. The number of ether oxygens (including phenoxy) is 14. The van der Waals surface area contributed by atoms with E-state index in [0.29, 0.717) is 0 Å². The molecule has 61 heavy (non-hydrogen) atoms.